The normalized spacial score (nSPS) is 22.9. The van der Waals surface area contributed by atoms with Gasteiger partial charge >= 0.3 is 0 Å². The maximum Gasteiger partial charge on any atom is 0.0249 e. The summed E-state index contributed by atoms with van der Waals surface area (Å²) in [6, 6.07) is 0. The zero-order valence-electron chi connectivity index (χ0n) is 9.20. The molecule has 1 radical (unpaired) electrons. The van der Waals surface area contributed by atoms with Crippen molar-refractivity contribution in [3.63, 3.8) is 0 Å². The van der Waals surface area contributed by atoms with Gasteiger partial charge in [0.1, 0.15) is 0 Å². The van der Waals surface area contributed by atoms with Crippen molar-refractivity contribution in [2.45, 2.75) is 32.6 Å². The van der Waals surface area contributed by atoms with Gasteiger partial charge in [-0.2, -0.15) is 0 Å². The summed E-state index contributed by atoms with van der Waals surface area (Å²) >= 11 is 0. The third-order valence-electron chi connectivity index (χ3n) is 3.16. The molecule has 0 aromatic heterocycles. The van der Waals surface area contributed by atoms with Crippen LogP contribution < -0.4 is 0 Å². The third kappa shape index (κ3) is 2.96. The molecule has 15 heavy (non-hydrogen) atoms. The Hall–Kier alpha value is -0.534. The van der Waals surface area contributed by atoms with Gasteiger partial charge < -0.3 is 0 Å². The molecule has 0 amide bonds. The smallest absolute Gasteiger partial charge is 0.0249 e. The quantitative estimate of drug-likeness (QED) is 0.608. The van der Waals surface area contributed by atoms with Crippen LogP contribution in [0.3, 0.4) is 0 Å². The second-order valence-corrected chi connectivity index (χ2v) is 4.32. The molecular formula is C14H18Co. The Morgan fingerprint density at radius 3 is 2.40 bits per heavy atom. The summed E-state index contributed by atoms with van der Waals surface area (Å²) in [6.45, 7) is 2.31. The summed E-state index contributed by atoms with van der Waals surface area (Å²) in [6.07, 6.45) is 20.8. The van der Waals surface area contributed by atoms with Gasteiger partial charge in [0.2, 0.25) is 0 Å². The molecule has 0 atom stereocenters. The van der Waals surface area contributed by atoms with Gasteiger partial charge in [0, 0.05) is 22.2 Å². The van der Waals surface area contributed by atoms with Crippen molar-refractivity contribution in [1.29, 1.82) is 0 Å². The van der Waals surface area contributed by atoms with Crippen LogP contribution in [0.5, 0.6) is 0 Å². The molecule has 0 saturated carbocycles. The molecule has 0 bridgehead atoms. The molecule has 0 nitrogen and oxygen atoms in total. The molecule has 0 saturated heterocycles. The Balaban J connectivity index is 0.00000112. The van der Waals surface area contributed by atoms with E-state index in [1.807, 2.05) is 0 Å². The number of allylic oxidation sites excluding steroid dienone is 8. The fourth-order valence-corrected chi connectivity index (χ4v) is 2.20. The van der Waals surface area contributed by atoms with Crippen LogP contribution in [-0.2, 0) is 16.8 Å². The van der Waals surface area contributed by atoms with Crippen molar-refractivity contribution < 1.29 is 16.8 Å². The SMILES string of the molecule is CC1(C2=CCCC=CCC2)C=CC=C1.[Co]. The van der Waals surface area contributed by atoms with Crippen molar-refractivity contribution in [1.82, 2.24) is 0 Å². The second-order valence-electron chi connectivity index (χ2n) is 4.32. The van der Waals surface area contributed by atoms with E-state index in [1.54, 1.807) is 5.57 Å². The van der Waals surface area contributed by atoms with E-state index in [4.69, 9.17) is 0 Å². The summed E-state index contributed by atoms with van der Waals surface area (Å²) in [7, 11) is 0. The Kier molecular flexibility index (Phi) is 4.62. The van der Waals surface area contributed by atoms with Crippen LogP contribution in [0.2, 0.25) is 0 Å². The first-order chi connectivity index (χ1) is 6.81. The summed E-state index contributed by atoms with van der Waals surface area (Å²) in [5, 5.41) is 0. The van der Waals surface area contributed by atoms with Gasteiger partial charge in [-0.05, 0) is 32.6 Å². The van der Waals surface area contributed by atoms with Gasteiger partial charge in [-0.1, -0.05) is 48.1 Å². The Labute approximate surface area is 103 Å². The molecule has 2 aliphatic carbocycles. The van der Waals surface area contributed by atoms with Crippen LogP contribution in [0, 0.1) is 5.41 Å². The van der Waals surface area contributed by atoms with Gasteiger partial charge in [-0.25, -0.2) is 0 Å². The summed E-state index contributed by atoms with van der Waals surface area (Å²) in [4.78, 5) is 0. The van der Waals surface area contributed by atoms with Crippen molar-refractivity contribution in [2.75, 3.05) is 0 Å². The predicted octanol–water partition coefficient (Wildman–Crippen LogP) is 4.17. The van der Waals surface area contributed by atoms with E-state index in [9.17, 15) is 0 Å². The summed E-state index contributed by atoms with van der Waals surface area (Å²) < 4.78 is 0. The number of hydrogen-bond donors (Lipinski definition) is 0. The minimum Gasteiger partial charge on any atom is -0.0882 e. The van der Waals surface area contributed by atoms with Gasteiger partial charge in [0.25, 0.3) is 0 Å². The molecule has 0 aliphatic heterocycles. The minimum atomic E-state index is 0. The van der Waals surface area contributed by atoms with E-state index in [1.165, 1.54) is 25.7 Å². The second kappa shape index (κ2) is 5.52. The molecule has 1 heteroatoms. The molecule has 0 aromatic rings. The van der Waals surface area contributed by atoms with Crippen molar-refractivity contribution in [3.8, 4) is 0 Å². The van der Waals surface area contributed by atoms with E-state index in [0.717, 1.165) is 0 Å². The van der Waals surface area contributed by atoms with E-state index in [0.29, 0.717) is 0 Å². The first kappa shape index (κ1) is 12.5. The van der Waals surface area contributed by atoms with Crippen LogP contribution in [0.1, 0.15) is 32.6 Å². The molecule has 83 valence electrons. The fraction of sp³-hybridized carbons (Fsp3) is 0.429. The van der Waals surface area contributed by atoms with Gasteiger partial charge in [0.15, 0.2) is 0 Å². The molecule has 0 fully saturated rings. The summed E-state index contributed by atoms with van der Waals surface area (Å²) in [5.41, 5.74) is 1.80. The van der Waals surface area contributed by atoms with E-state index >= 15 is 0 Å². The molecule has 0 spiro atoms. The molecule has 2 rings (SSSR count). The Bertz CT molecular complexity index is 306. The maximum absolute atomic E-state index is 2.43. The van der Waals surface area contributed by atoms with Crippen LogP contribution in [0.15, 0.2) is 48.1 Å². The van der Waals surface area contributed by atoms with Gasteiger partial charge in [0.05, 0.1) is 0 Å². The van der Waals surface area contributed by atoms with Gasteiger partial charge in [-0.15, -0.1) is 0 Å². The first-order valence-corrected chi connectivity index (χ1v) is 5.53. The Morgan fingerprint density at radius 2 is 1.67 bits per heavy atom. The van der Waals surface area contributed by atoms with Crippen molar-refractivity contribution in [2.24, 2.45) is 5.41 Å². The molecule has 0 unspecified atom stereocenters. The van der Waals surface area contributed by atoms with Crippen LogP contribution in [-0.4, -0.2) is 0 Å². The van der Waals surface area contributed by atoms with Gasteiger partial charge in [-0.3, -0.25) is 0 Å². The fourth-order valence-electron chi connectivity index (χ4n) is 2.20. The van der Waals surface area contributed by atoms with Crippen LogP contribution in [0.4, 0.5) is 0 Å². The third-order valence-corrected chi connectivity index (χ3v) is 3.16. The minimum absolute atomic E-state index is 0. The predicted molar refractivity (Wildman–Crippen MR) is 62.1 cm³/mol. The largest absolute Gasteiger partial charge is 0.0882 e. The molecule has 2 aliphatic rings. The summed E-state index contributed by atoms with van der Waals surface area (Å²) in [5.74, 6) is 0. The number of rotatable bonds is 1. The van der Waals surface area contributed by atoms with Crippen molar-refractivity contribution in [3.05, 3.63) is 48.1 Å². The van der Waals surface area contributed by atoms with Crippen molar-refractivity contribution >= 4 is 0 Å². The van der Waals surface area contributed by atoms with E-state index in [2.05, 4.69) is 49.5 Å². The molecule has 0 N–H and O–H groups in total. The van der Waals surface area contributed by atoms with Crippen LogP contribution >= 0.6 is 0 Å². The number of hydrogen-bond acceptors (Lipinski definition) is 0. The van der Waals surface area contributed by atoms with E-state index in [-0.39, 0.29) is 22.2 Å². The van der Waals surface area contributed by atoms with Crippen LogP contribution in [0.25, 0.3) is 0 Å². The first-order valence-electron chi connectivity index (χ1n) is 5.53. The molecular weight excluding hydrogens is 227 g/mol. The average molecular weight is 245 g/mol. The zero-order valence-corrected chi connectivity index (χ0v) is 10.2. The maximum atomic E-state index is 2.43. The standard InChI is InChI=1S/C14H18.Co/c1-14(11-7-8-12-14)13-9-5-3-2-4-6-10-13;/h2-3,7-8,10-12H,4-6,9H2,1H3;. The Morgan fingerprint density at radius 1 is 1.00 bits per heavy atom. The molecule has 0 heterocycles. The monoisotopic (exact) mass is 245 g/mol. The molecule has 0 aromatic carbocycles. The average Bonchev–Trinajstić information content (AvgIpc) is 2.52. The topological polar surface area (TPSA) is 0 Å². The zero-order chi connectivity index (χ0) is 9.86. The van der Waals surface area contributed by atoms with E-state index < -0.39 is 0 Å².